The molecule has 2 aromatic rings. The number of rotatable bonds is 0. The highest BCUT2D eigenvalue weighted by molar-refractivity contribution is 5.94. The highest BCUT2D eigenvalue weighted by Gasteiger charge is 2.19. The summed E-state index contributed by atoms with van der Waals surface area (Å²) in [5.41, 5.74) is 8.61. The molecule has 0 bridgehead atoms. The molecule has 3 rings (SSSR count). The van der Waals surface area contributed by atoms with Crippen molar-refractivity contribution in [2.75, 3.05) is 5.73 Å². The molecule has 0 radical (unpaired) electrons. The highest BCUT2D eigenvalue weighted by atomic mass is 19.1. The van der Waals surface area contributed by atoms with E-state index in [1.54, 1.807) is 6.07 Å². The van der Waals surface area contributed by atoms with Crippen molar-refractivity contribution in [3.63, 3.8) is 0 Å². The van der Waals surface area contributed by atoms with Crippen LogP contribution in [0.1, 0.15) is 11.1 Å². The molecule has 0 fully saturated rings. The molecule has 0 aliphatic heterocycles. The summed E-state index contributed by atoms with van der Waals surface area (Å²) >= 11 is 0. The van der Waals surface area contributed by atoms with Crippen LogP contribution >= 0.6 is 0 Å². The molecule has 1 aliphatic carbocycles. The maximum Gasteiger partial charge on any atom is 0.127 e. The van der Waals surface area contributed by atoms with E-state index in [1.165, 1.54) is 0 Å². The van der Waals surface area contributed by atoms with Crippen LogP contribution in [0.5, 0.6) is 0 Å². The Morgan fingerprint density at radius 2 is 1.71 bits per heavy atom. The third kappa shape index (κ3) is 0.830. The van der Waals surface area contributed by atoms with Gasteiger partial charge in [-0.25, -0.2) is 4.39 Å². The van der Waals surface area contributed by atoms with E-state index in [4.69, 9.17) is 5.73 Å². The molecule has 0 aromatic heterocycles. The second-order valence-electron chi connectivity index (χ2n) is 3.76. The van der Waals surface area contributed by atoms with Crippen molar-refractivity contribution in [3.05, 3.63) is 41.2 Å². The van der Waals surface area contributed by atoms with Gasteiger partial charge in [-0.3, -0.25) is 0 Å². The van der Waals surface area contributed by atoms with Gasteiger partial charge in [0.05, 0.1) is 0 Å². The number of nitrogen functional groups attached to an aromatic ring is 1. The fraction of sp³-hybridized carbons (Fsp3) is 0.167. The summed E-state index contributed by atoms with van der Waals surface area (Å²) < 4.78 is 13.4. The Kier molecular flexibility index (Phi) is 1.38. The second kappa shape index (κ2) is 2.47. The molecule has 2 heteroatoms. The molecule has 14 heavy (non-hydrogen) atoms. The van der Waals surface area contributed by atoms with Crippen LogP contribution in [0.2, 0.25) is 0 Å². The van der Waals surface area contributed by atoms with E-state index in [-0.39, 0.29) is 5.82 Å². The average molecular weight is 187 g/mol. The first-order chi connectivity index (χ1) is 6.77. The lowest BCUT2D eigenvalue weighted by Crippen LogP contribution is -1.91. The van der Waals surface area contributed by atoms with Crippen LogP contribution in [0.15, 0.2) is 24.3 Å². The summed E-state index contributed by atoms with van der Waals surface area (Å²) in [5.74, 6) is -0.0955. The number of halogens is 1. The molecule has 0 spiro atoms. The van der Waals surface area contributed by atoms with E-state index in [0.717, 1.165) is 40.4 Å². The zero-order valence-electron chi connectivity index (χ0n) is 7.68. The predicted molar refractivity (Wildman–Crippen MR) is 55.7 cm³/mol. The maximum absolute atomic E-state index is 13.4. The largest absolute Gasteiger partial charge is 0.398 e. The van der Waals surface area contributed by atoms with Crippen LogP contribution in [0.3, 0.4) is 0 Å². The summed E-state index contributed by atoms with van der Waals surface area (Å²) in [6.07, 6.45) is 1.66. The van der Waals surface area contributed by atoms with E-state index >= 15 is 0 Å². The Bertz CT molecular complexity index is 487. The van der Waals surface area contributed by atoms with Crippen LogP contribution in [-0.2, 0) is 12.8 Å². The number of nitrogens with two attached hydrogens (primary N) is 1. The van der Waals surface area contributed by atoms with Gasteiger partial charge in [0, 0.05) is 5.69 Å². The fourth-order valence-corrected chi connectivity index (χ4v) is 2.32. The van der Waals surface area contributed by atoms with Gasteiger partial charge < -0.3 is 5.73 Å². The van der Waals surface area contributed by atoms with Crippen molar-refractivity contribution in [1.29, 1.82) is 0 Å². The summed E-state index contributed by atoms with van der Waals surface area (Å²) in [6, 6.07) is 7.23. The minimum atomic E-state index is -0.0955. The van der Waals surface area contributed by atoms with E-state index < -0.39 is 0 Å². The standard InChI is InChI=1S/C12H10FN/c13-10-5-1-7-2-6-11(14)9-4-3-8(10)12(7)9/h1-2,5-6H,3-4,14H2. The molecule has 70 valence electrons. The highest BCUT2D eigenvalue weighted by Crippen LogP contribution is 2.35. The van der Waals surface area contributed by atoms with Crippen molar-refractivity contribution in [2.45, 2.75) is 12.8 Å². The van der Waals surface area contributed by atoms with Crippen LogP contribution in [0, 0.1) is 5.82 Å². The van der Waals surface area contributed by atoms with Crippen molar-refractivity contribution in [1.82, 2.24) is 0 Å². The Labute approximate surface area is 81.3 Å². The van der Waals surface area contributed by atoms with Gasteiger partial charge in [-0.1, -0.05) is 12.1 Å². The summed E-state index contributed by atoms with van der Waals surface area (Å²) in [7, 11) is 0. The van der Waals surface area contributed by atoms with E-state index in [2.05, 4.69) is 0 Å². The van der Waals surface area contributed by atoms with E-state index in [1.807, 2.05) is 18.2 Å². The molecular weight excluding hydrogens is 177 g/mol. The fourth-order valence-electron chi connectivity index (χ4n) is 2.32. The van der Waals surface area contributed by atoms with Gasteiger partial charge >= 0.3 is 0 Å². The van der Waals surface area contributed by atoms with Crippen molar-refractivity contribution < 1.29 is 4.39 Å². The lowest BCUT2D eigenvalue weighted by atomic mass is 10.0. The van der Waals surface area contributed by atoms with Gasteiger partial charge in [0.1, 0.15) is 5.82 Å². The van der Waals surface area contributed by atoms with Crippen LogP contribution in [0.25, 0.3) is 10.8 Å². The molecule has 2 N–H and O–H groups in total. The average Bonchev–Trinajstić information content (AvgIpc) is 2.62. The van der Waals surface area contributed by atoms with Gasteiger partial charge in [0.2, 0.25) is 0 Å². The Hall–Kier alpha value is -1.57. The van der Waals surface area contributed by atoms with Gasteiger partial charge in [0.25, 0.3) is 0 Å². The smallest absolute Gasteiger partial charge is 0.127 e. The monoisotopic (exact) mass is 187 g/mol. The zero-order chi connectivity index (χ0) is 9.71. The zero-order valence-corrected chi connectivity index (χ0v) is 7.68. The SMILES string of the molecule is Nc1ccc2ccc(F)c3c2c1CC3. The number of benzene rings is 2. The Balaban J connectivity index is 2.55. The summed E-state index contributed by atoms with van der Waals surface area (Å²) in [5, 5.41) is 2.15. The minimum absolute atomic E-state index is 0.0955. The number of aryl methyl sites for hydroxylation is 2. The molecule has 1 aliphatic rings. The topological polar surface area (TPSA) is 26.0 Å². The summed E-state index contributed by atoms with van der Waals surface area (Å²) in [6.45, 7) is 0. The molecule has 0 atom stereocenters. The lowest BCUT2D eigenvalue weighted by Gasteiger charge is -2.04. The van der Waals surface area contributed by atoms with Crippen molar-refractivity contribution in [2.24, 2.45) is 0 Å². The van der Waals surface area contributed by atoms with Crippen LogP contribution in [0.4, 0.5) is 10.1 Å². The maximum atomic E-state index is 13.4. The first-order valence-electron chi connectivity index (χ1n) is 4.76. The van der Waals surface area contributed by atoms with Gasteiger partial charge in [-0.15, -0.1) is 0 Å². The molecule has 0 saturated heterocycles. The number of hydrogen-bond donors (Lipinski definition) is 1. The second-order valence-corrected chi connectivity index (χ2v) is 3.76. The third-order valence-corrected chi connectivity index (χ3v) is 3.01. The molecular formula is C12H10FN. The predicted octanol–water partition coefficient (Wildman–Crippen LogP) is 2.66. The quantitative estimate of drug-likeness (QED) is 0.630. The van der Waals surface area contributed by atoms with E-state index in [9.17, 15) is 4.39 Å². The van der Waals surface area contributed by atoms with Crippen molar-refractivity contribution in [3.8, 4) is 0 Å². The molecule has 0 saturated carbocycles. The first kappa shape index (κ1) is 7.80. The molecule has 0 amide bonds. The van der Waals surface area contributed by atoms with Crippen LogP contribution < -0.4 is 5.73 Å². The minimum Gasteiger partial charge on any atom is -0.398 e. The van der Waals surface area contributed by atoms with Gasteiger partial charge in [-0.05, 0) is 46.9 Å². The molecule has 2 aromatic carbocycles. The van der Waals surface area contributed by atoms with Crippen molar-refractivity contribution >= 4 is 16.5 Å². The Morgan fingerprint density at radius 3 is 2.57 bits per heavy atom. The number of hydrogen-bond acceptors (Lipinski definition) is 1. The van der Waals surface area contributed by atoms with Gasteiger partial charge in [-0.2, -0.15) is 0 Å². The molecule has 0 heterocycles. The first-order valence-corrected chi connectivity index (χ1v) is 4.76. The normalized spacial score (nSPS) is 13.8. The lowest BCUT2D eigenvalue weighted by molar-refractivity contribution is 0.615. The van der Waals surface area contributed by atoms with E-state index in [0.29, 0.717) is 0 Å². The Morgan fingerprint density at radius 1 is 1.00 bits per heavy atom. The number of anilines is 1. The molecule has 0 unspecified atom stereocenters. The third-order valence-electron chi connectivity index (χ3n) is 3.01. The van der Waals surface area contributed by atoms with Gasteiger partial charge in [0.15, 0.2) is 0 Å². The van der Waals surface area contributed by atoms with Crippen LogP contribution in [-0.4, -0.2) is 0 Å². The summed E-state index contributed by atoms with van der Waals surface area (Å²) in [4.78, 5) is 0. The molecule has 1 nitrogen and oxygen atoms in total.